The average molecular weight is 1100 g/mol. The zero-order valence-corrected chi connectivity index (χ0v) is 41.9. The van der Waals surface area contributed by atoms with Crippen LogP contribution in [-0.4, -0.2) is 9.55 Å². The van der Waals surface area contributed by atoms with E-state index in [9.17, 15) is 0 Å². The Bertz CT molecular complexity index is 4010. The molecular weight excluding hydrogens is 1040 g/mol. The molecule has 6 heteroatoms. The second-order valence-corrected chi connectivity index (χ2v) is 19.5. The summed E-state index contributed by atoms with van der Waals surface area (Å²) in [5.41, 5.74) is 11.7. The van der Waals surface area contributed by atoms with Gasteiger partial charge in [0.25, 0.3) is 0 Å². The summed E-state index contributed by atoms with van der Waals surface area (Å²) < 4.78 is 92.2. The van der Waals surface area contributed by atoms with Crippen molar-refractivity contribution in [3.05, 3.63) is 223 Å². The van der Waals surface area contributed by atoms with Crippen molar-refractivity contribution in [1.29, 1.82) is 0 Å². The fraction of sp³-hybridized carbons (Fsp3) is 0.156. The molecule has 3 heterocycles. The van der Waals surface area contributed by atoms with Crippen molar-refractivity contribution in [2.45, 2.75) is 66.1 Å². The molecular formula is C64H55N4OPt-3. The fourth-order valence-corrected chi connectivity index (χ4v) is 9.17. The summed E-state index contributed by atoms with van der Waals surface area (Å²) in [6.07, 6.45) is 1.37. The molecule has 0 radical (unpaired) electrons. The Labute approximate surface area is 441 Å². The van der Waals surface area contributed by atoms with Crippen LogP contribution in [0.5, 0.6) is 11.5 Å². The van der Waals surface area contributed by atoms with Crippen molar-refractivity contribution in [2.24, 2.45) is 0 Å². The molecule has 8 aromatic carbocycles. The first-order valence-electron chi connectivity index (χ1n) is 28.0. The minimum atomic E-state index is -2.47. The molecule has 0 amide bonds. The predicted octanol–water partition coefficient (Wildman–Crippen LogP) is 17.2. The first-order valence-corrected chi connectivity index (χ1v) is 23.0. The molecule has 0 aliphatic carbocycles. The van der Waals surface area contributed by atoms with Crippen LogP contribution in [0.1, 0.15) is 77.5 Å². The molecule has 5 nitrogen and oxygen atoms in total. The standard InChI is InChI=1S/C64H55N4O.Pt/c1-42-33-34-65-61(35-42)68-57-24-12-11-21-55(57)56-32-31-51(40-60(56)68)69-50-19-15-18-49(39-50)66-41-67(59-26-14-13-25-58(59)66)62-53(45-29-27-44(28-30-45)52-20-10-9-17-43(52)2)22-16-23-54(62)46-36-47(63(3,4)5)38-48(37-46)64(6,7)8;/h9-38,41H,1-8H3;/q-3;/i1D3,2D3,11D,12D,21D,24D;. The van der Waals surface area contributed by atoms with E-state index in [1.807, 2.05) is 48.5 Å². The van der Waals surface area contributed by atoms with E-state index >= 15 is 0 Å². The van der Waals surface area contributed by atoms with Crippen LogP contribution in [0.25, 0.3) is 61.0 Å². The van der Waals surface area contributed by atoms with Crippen molar-refractivity contribution in [1.82, 2.24) is 9.55 Å². The second-order valence-electron chi connectivity index (χ2n) is 19.5. The molecule has 2 aromatic heterocycles. The maximum atomic E-state index is 8.99. The number of hydrogen-bond donors (Lipinski definition) is 0. The number of ether oxygens (including phenoxy) is 1. The molecule has 0 fully saturated rings. The van der Waals surface area contributed by atoms with E-state index in [1.54, 1.807) is 30.3 Å². The summed E-state index contributed by atoms with van der Waals surface area (Å²) in [4.78, 5) is 8.79. The van der Waals surface area contributed by atoms with Gasteiger partial charge in [-0.15, -0.1) is 48.1 Å². The van der Waals surface area contributed by atoms with Crippen LogP contribution >= 0.6 is 0 Å². The van der Waals surface area contributed by atoms with E-state index < -0.39 is 25.8 Å². The summed E-state index contributed by atoms with van der Waals surface area (Å²) in [6.45, 7) is 10.7. The van der Waals surface area contributed by atoms with Crippen LogP contribution < -0.4 is 14.5 Å². The third-order valence-corrected chi connectivity index (χ3v) is 12.8. The Kier molecular flexibility index (Phi) is 9.36. The molecule has 11 rings (SSSR count). The van der Waals surface area contributed by atoms with Gasteiger partial charge in [0, 0.05) is 80.7 Å². The molecule has 0 atom stereocenters. The van der Waals surface area contributed by atoms with E-state index in [0.717, 1.165) is 44.9 Å². The van der Waals surface area contributed by atoms with Gasteiger partial charge >= 0.3 is 0 Å². The van der Waals surface area contributed by atoms with E-state index in [2.05, 4.69) is 136 Å². The molecule has 1 aliphatic heterocycles. The third kappa shape index (κ3) is 8.62. The summed E-state index contributed by atoms with van der Waals surface area (Å²) in [6, 6.07) is 53.9. The van der Waals surface area contributed by atoms with Gasteiger partial charge in [-0.3, -0.25) is 0 Å². The number of para-hydroxylation sites is 4. The number of rotatable bonds is 8. The fourth-order valence-electron chi connectivity index (χ4n) is 9.17. The van der Waals surface area contributed by atoms with Crippen molar-refractivity contribution >= 4 is 44.6 Å². The zero-order chi connectivity index (χ0) is 56.1. The molecule has 0 spiro atoms. The van der Waals surface area contributed by atoms with Crippen molar-refractivity contribution < 1.29 is 39.5 Å². The smallest absolute Gasteiger partial charge is 0.135 e. The first-order chi connectivity index (χ1) is 37.4. The molecule has 0 saturated heterocycles. The number of hydrogen-bond acceptors (Lipinski definition) is 4. The predicted molar refractivity (Wildman–Crippen MR) is 287 cm³/mol. The van der Waals surface area contributed by atoms with Gasteiger partial charge in [-0.05, 0) is 105 Å². The Hall–Kier alpha value is -7.20. The van der Waals surface area contributed by atoms with Crippen LogP contribution in [0.2, 0.25) is 0 Å². The minimum absolute atomic E-state index is 0. The first kappa shape index (κ1) is 35.8. The maximum absolute atomic E-state index is 8.99. The molecule has 10 aromatic rings. The van der Waals surface area contributed by atoms with Crippen LogP contribution in [0, 0.1) is 32.5 Å². The molecule has 0 bridgehead atoms. The Morgan fingerprint density at radius 1 is 0.586 bits per heavy atom. The summed E-state index contributed by atoms with van der Waals surface area (Å²) in [5, 5.41) is 0.687. The molecule has 0 saturated carbocycles. The van der Waals surface area contributed by atoms with Gasteiger partial charge < -0.3 is 19.1 Å². The van der Waals surface area contributed by atoms with Crippen molar-refractivity contribution in [2.75, 3.05) is 9.80 Å². The molecule has 0 unspecified atom stereocenters. The van der Waals surface area contributed by atoms with Crippen molar-refractivity contribution in [3.63, 3.8) is 0 Å². The van der Waals surface area contributed by atoms with E-state index in [1.165, 1.54) is 34.0 Å². The molecule has 350 valence electrons. The Balaban J connectivity index is 0.00000720. The number of aryl methyl sites for hydroxylation is 2. The van der Waals surface area contributed by atoms with Gasteiger partial charge in [0.05, 0.1) is 5.48 Å². The molecule has 1 aliphatic rings. The van der Waals surface area contributed by atoms with Crippen LogP contribution in [0.4, 0.5) is 22.7 Å². The van der Waals surface area contributed by atoms with E-state index in [4.69, 9.17) is 18.4 Å². The van der Waals surface area contributed by atoms with Crippen molar-refractivity contribution in [3.8, 4) is 50.7 Å². The minimum Gasteiger partial charge on any atom is -0.509 e. The topological polar surface area (TPSA) is 33.5 Å². The number of nitrogens with zero attached hydrogens (tertiary/aromatic N) is 4. The van der Waals surface area contributed by atoms with Gasteiger partial charge in [0.15, 0.2) is 0 Å². The Morgan fingerprint density at radius 2 is 1.23 bits per heavy atom. The van der Waals surface area contributed by atoms with Gasteiger partial charge in [-0.2, -0.15) is 12.1 Å². The van der Waals surface area contributed by atoms with Gasteiger partial charge in [0.2, 0.25) is 0 Å². The normalized spacial score (nSPS) is 15.1. The largest absolute Gasteiger partial charge is 0.509 e. The number of aromatic nitrogens is 2. The third-order valence-electron chi connectivity index (χ3n) is 12.8. The van der Waals surface area contributed by atoms with E-state index in [0.29, 0.717) is 33.5 Å². The molecule has 70 heavy (non-hydrogen) atoms. The number of fused-ring (bicyclic) bond motifs is 4. The summed E-state index contributed by atoms with van der Waals surface area (Å²) in [7, 11) is 0. The summed E-state index contributed by atoms with van der Waals surface area (Å²) >= 11 is 0. The SMILES string of the molecule is [2H]c1c([2H])c([2H])c2c(c1[2H])c1ccc(Oc3[c-]c(N4[CH-]N(c5c(-c6ccc(-c7ccccc7C([2H])([2H])[2H])cc6)cccc5-c5cc(C(C)(C)C)cc(C(C)(C)C)c5)c5ccccc54)ccc3)[c-]c1n2-c1cc(C([2H])([2H])[2H])ccn1.[Pt]. The second kappa shape index (κ2) is 18.3. The van der Waals surface area contributed by atoms with Gasteiger partial charge in [-0.25, -0.2) is 4.98 Å². The van der Waals surface area contributed by atoms with Gasteiger partial charge in [-0.1, -0.05) is 162 Å². The van der Waals surface area contributed by atoms with Crippen LogP contribution in [0.3, 0.4) is 0 Å². The average Bonchev–Trinajstić information content (AvgIpc) is 4.21. The van der Waals surface area contributed by atoms with Crippen LogP contribution in [-0.2, 0) is 31.9 Å². The maximum Gasteiger partial charge on any atom is 0.135 e. The van der Waals surface area contributed by atoms with Crippen LogP contribution in [0.15, 0.2) is 182 Å². The summed E-state index contributed by atoms with van der Waals surface area (Å²) in [5.74, 6) is 0.739. The van der Waals surface area contributed by atoms with E-state index in [-0.39, 0.29) is 72.0 Å². The quantitative estimate of drug-likeness (QED) is 0.142. The zero-order valence-electron chi connectivity index (χ0n) is 49.6. The number of pyridine rings is 1. The number of anilines is 4. The molecule has 0 N–H and O–H groups in total. The monoisotopic (exact) mass is 1100 g/mol. The van der Waals surface area contributed by atoms with Gasteiger partial charge in [0.1, 0.15) is 5.82 Å². The Morgan fingerprint density at radius 3 is 1.96 bits per heavy atom. The number of benzene rings is 8.